The van der Waals surface area contributed by atoms with Crippen LogP contribution in [0.3, 0.4) is 0 Å². The lowest BCUT2D eigenvalue weighted by Gasteiger charge is -2.03. The van der Waals surface area contributed by atoms with Gasteiger partial charge >= 0.3 is 0 Å². The van der Waals surface area contributed by atoms with Crippen molar-refractivity contribution in [3.8, 4) is 11.4 Å². The van der Waals surface area contributed by atoms with Gasteiger partial charge < -0.3 is 5.32 Å². The average Bonchev–Trinajstić information content (AvgIpc) is 3.05. The van der Waals surface area contributed by atoms with E-state index < -0.39 is 0 Å². The number of hydrogen-bond donors (Lipinski definition) is 1. The molecular weight excluding hydrogens is 294 g/mol. The van der Waals surface area contributed by atoms with Crippen molar-refractivity contribution >= 4 is 17.2 Å². The Labute approximate surface area is 132 Å². The summed E-state index contributed by atoms with van der Waals surface area (Å²) in [6.45, 7) is 0.572. The van der Waals surface area contributed by atoms with Crippen molar-refractivity contribution in [1.82, 2.24) is 15.3 Å². The van der Waals surface area contributed by atoms with Gasteiger partial charge in [-0.2, -0.15) is 0 Å². The molecule has 0 aliphatic heterocycles. The van der Waals surface area contributed by atoms with Crippen molar-refractivity contribution in [1.29, 1.82) is 0 Å². The molecule has 0 atom stereocenters. The molecule has 110 valence electrons. The number of nitrogens with zero attached hydrogens (tertiary/aromatic N) is 2. The Bertz CT molecular complexity index is 741. The summed E-state index contributed by atoms with van der Waals surface area (Å²) in [5.41, 5.74) is 2.43. The van der Waals surface area contributed by atoms with Crippen molar-refractivity contribution in [3.05, 3.63) is 70.7 Å². The molecule has 5 heteroatoms. The summed E-state index contributed by atoms with van der Waals surface area (Å²) in [5.74, 6) is -0.0536. The monoisotopic (exact) mass is 309 g/mol. The summed E-state index contributed by atoms with van der Waals surface area (Å²) in [6.07, 6.45) is 2.48. The maximum absolute atomic E-state index is 11.9. The predicted octanol–water partition coefficient (Wildman–Crippen LogP) is 3.18. The van der Waals surface area contributed by atoms with Gasteiger partial charge in [0.1, 0.15) is 0 Å². The zero-order chi connectivity index (χ0) is 15.2. The van der Waals surface area contributed by atoms with E-state index in [1.807, 2.05) is 41.8 Å². The van der Waals surface area contributed by atoms with Gasteiger partial charge in [0, 0.05) is 30.1 Å². The number of benzene rings is 1. The third kappa shape index (κ3) is 3.56. The summed E-state index contributed by atoms with van der Waals surface area (Å²) in [4.78, 5) is 20.8. The first-order chi connectivity index (χ1) is 10.8. The molecule has 22 heavy (non-hydrogen) atoms. The predicted molar refractivity (Wildman–Crippen MR) is 87.8 cm³/mol. The third-order valence-electron chi connectivity index (χ3n) is 3.14. The summed E-state index contributed by atoms with van der Waals surface area (Å²) < 4.78 is 0. The van der Waals surface area contributed by atoms with E-state index >= 15 is 0 Å². The zero-order valence-corrected chi connectivity index (χ0v) is 12.7. The summed E-state index contributed by atoms with van der Waals surface area (Å²) in [7, 11) is 0. The van der Waals surface area contributed by atoms with Gasteiger partial charge in [-0.1, -0.05) is 24.3 Å². The second kappa shape index (κ2) is 6.95. The van der Waals surface area contributed by atoms with E-state index in [0.29, 0.717) is 12.1 Å². The second-order valence-corrected chi connectivity index (χ2v) is 5.66. The van der Waals surface area contributed by atoms with Crippen molar-refractivity contribution < 1.29 is 4.79 Å². The van der Waals surface area contributed by atoms with E-state index in [2.05, 4.69) is 15.3 Å². The molecule has 0 aliphatic carbocycles. The van der Waals surface area contributed by atoms with Crippen LogP contribution in [0.25, 0.3) is 11.4 Å². The highest BCUT2D eigenvalue weighted by Crippen LogP contribution is 2.19. The first-order valence-electron chi connectivity index (χ1n) is 7.02. The molecule has 0 unspecified atom stereocenters. The van der Waals surface area contributed by atoms with Crippen LogP contribution >= 0.6 is 11.3 Å². The molecule has 2 aromatic heterocycles. The Morgan fingerprint density at radius 2 is 1.86 bits per heavy atom. The standard InChI is InChI=1S/C17H15N3OS/c21-17(13-6-2-1-3-7-13)19-11-9-16-20-15(12-22-16)14-8-4-5-10-18-14/h1-8,10,12H,9,11H2,(H,19,21). The summed E-state index contributed by atoms with van der Waals surface area (Å²) in [5, 5.41) is 5.90. The number of pyridine rings is 1. The molecule has 0 saturated carbocycles. The minimum absolute atomic E-state index is 0.0536. The van der Waals surface area contributed by atoms with Gasteiger partial charge in [0.05, 0.1) is 16.4 Å². The molecule has 1 amide bonds. The van der Waals surface area contributed by atoms with E-state index in [1.54, 1.807) is 29.7 Å². The van der Waals surface area contributed by atoms with Crippen LogP contribution in [0.2, 0.25) is 0 Å². The molecule has 1 N–H and O–H groups in total. The molecule has 0 aliphatic rings. The molecule has 0 spiro atoms. The molecule has 0 bridgehead atoms. The Kier molecular flexibility index (Phi) is 4.56. The Hall–Kier alpha value is -2.53. The van der Waals surface area contributed by atoms with Crippen molar-refractivity contribution in [2.24, 2.45) is 0 Å². The fourth-order valence-electron chi connectivity index (χ4n) is 2.03. The molecule has 3 rings (SSSR count). The van der Waals surface area contributed by atoms with Crippen LogP contribution in [-0.4, -0.2) is 22.4 Å². The van der Waals surface area contributed by atoms with Crippen LogP contribution in [0.4, 0.5) is 0 Å². The topological polar surface area (TPSA) is 54.9 Å². The first kappa shape index (κ1) is 14.4. The molecule has 1 aromatic carbocycles. The summed E-state index contributed by atoms with van der Waals surface area (Å²) in [6, 6.07) is 15.0. The van der Waals surface area contributed by atoms with Gasteiger partial charge in [-0.15, -0.1) is 11.3 Å². The van der Waals surface area contributed by atoms with E-state index in [0.717, 1.165) is 22.8 Å². The van der Waals surface area contributed by atoms with Crippen molar-refractivity contribution in [3.63, 3.8) is 0 Å². The number of nitrogens with one attached hydrogen (secondary N) is 1. The van der Waals surface area contributed by atoms with E-state index in [9.17, 15) is 4.79 Å². The van der Waals surface area contributed by atoms with Crippen LogP contribution in [0.5, 0.6) is 0 Å². The number of carbonyl (C=O) groups is 1. The second-order valence-electron chi connectivity index (χ2n) is 4.71. The van der Waals surface area contributed by atoms with Crippen LogP contribution in [0, 0.1) is 0 Å². The largest absolute Gasteiger partial charge is 0.352 e. The first-order valence-corrected chi connectivity index (χ1v) is 7.90. The minimum Gasteiger partial charge on any atom is -0.352 e. The Balaban J connectivity index is 1.55. The molecular formula is C17H15N3OS. The van der Waals surface area contributed by atoms with Gasteiger partial charge in [0.2, 0.25) is 0 Å². The van der Waals surface area contributed by atoms with E-state index in [-0.39, 0.29) is 5.91 Å². The minimum atomic E-state index is -0.0536. The van der Waals surface area contributed by atoms with Crippen LogP contribution in [-0.2, 0) is 6.42 Å². The molecule has 4 nitrogen and oxygen atoms in total. The van der Waals surface area contributed by atoms with Gasteiger partial charge in [-0.25, -0.2) is 4.98 Å². The molecule has 3 aromatic rings. The number of amides is 1. The quantitative estimate of drug-likeness (QED) is 0.787. The molecule has 2 heterocycles. The zero-order valence-electron chi connectivity index (χ0n) is 11.9. The van der Waals surface area contributed by atoms with E-state index in [4.69, 9.17) is 0 Å². The maximum Gasteiger partial charge on any atom is 0.251 e. The number of hydrogen-bond acceptors (Lipinski definition) is 4. The van der Waals surface area contributed by atoms with Gasteiger partial charge in [0.25, 0.3) is 5.91 Å². The van der Waals surface area contributed by atoms with Gasteiger partial charge in [-0.3, -0.25) is 9.78 Å². The Morgan fingerprint density at radius 3 is 2.64 bits per heavy atom. The molecule has 0 radical (unpaired) electrons. The van der Waals surface area contributed by atoms with Crippen LogP contribution < -0.4 is 5.32 Å². The van der Waals surface area contributed by atoms with Crippen LogP contribution in [0.1, 0.15) is 15.4 Å². The highest BCUT2D eigenvalue weighted by atomic mass is 32.1. The fourth-order valence-corrected chi connectivity index (χ4v) is 2.82. The number of aromatic nitrogens is 2. The third-order valence-corrected chi connectivity index (χ3v) is 4.05. The lowest BCUT2D eigenvalue weighted by atomic mass is 10.2. The average molecular weight is 309 g/mol. The SMILES string of the molecule is O=C(NCCc1nc(-c2ccccn2)cs1)c1ccccc1. The van der Waals surface area contributed by atoms with Crippen molar-refractivity contribution in [2.75, 3.05) is 6.54 Å². The lowest BCUT2D eigenvalue weighted by Crippen LogP contribution is -2.25. The maximum atomic E-state index is 11.9. The lowest BCUT2D eigenvalue weighted by molar-refractivity contribution is 0.0954. The fraction of sp³-hybridized carbons (Fsp3) is 0.118. The highest BCUT2D eigenvalue weighted by molar-refractivity contribution is 7.09. The van der Waals surface area contributed by atoms with Gasteiger partial charge in [0.15, 0.2) is 0 Å². The highest BCUT2D eigenvalue weighted by Gasteiger charge is 2.07. The number of thiazole rings is 1. The van der Waals surface area contributed by atoms with Crippen LogP contribution in [0.15, 0.2) is 60.1 Å². The Morgan fingerprint density at radius 1 is 1.05 bits per heavy atom. The van der Waals surface area contributed by atoms with Crippen molar-refractivity contribution in [2.45, 2.75) is 6.42 Å². The normalized spacial score (nSPS) is 10.4. The molecule has 0 fully saturated rings. The summed E-state index contributed by atoms with van der Waals surface area (Å²) >= 11 is 1.59. The number of carbonyl (C=O) groups excluding carboxylic acids is 1. The number of rotatable bonds is 5. The smallest absolute Gasteiger partial charge is 0.251 e. The molecule has 0 saturated heterocycles. The van der Waals surface area contributed by atoms with Gasteiger partial charge in [-0.05, 0) is 24.3 Å². The van der Waals surface area contributed by atoms with E-state index in [1.165, 1.54) is 0 Å².